The molecular weight excluding hydrogens is 358 g/mol. The molecule has 144 valence electrons. The summed E-state index contributed by atoms with van der Waals surface area (Å²) < 4.78 is 0. The lowest BCUT2D eigenvalue weighted by Gasteiger charge is -2.21. The summed E-state index contributed by atoms with van der Waals surface area (Å²) in [7, 11) is 0. The smallest absolute Gasteiger partial charge is 0.279 e. The molecule has 3 aromatic rings. The summed E-state index contributed by atoms with van der Waals surface area (Å²) in [4.78, 5) is 27.6. The minimum Gasteiger partial charge on any atom is -0.505 e. The molecule has 28 heavy (non-hydrogen) atoms. The van der Waals surface area contributed by atoms with Crippen molar-refractivity contribution < 1.29 is 14.8 Å². The zero-order valence-corrected chi connectivity index (χ0v) is 15.7. The topological polar surface area (TPSA) is 105 Å². The van der Waals surface area contributed by atoms with E-state index in [1.807, 2.05) is 38.1 Å². The molecule has 1 atom stereocenters. The summed E-state index contributed by atoms with van der Waals surface area (Å²) in [5.74, 6) is -0.375. The standard InChI is InChI=1S/C21H21N3O4/c1-3-5-18(25)23-19(14-9-7-13(2)8-10-14)16-12-17(24(27)28)15-6-4-11-22-20(15)21(16)26/h4,6-12,19,26H,3,5H2,1-2H3,(H,23,25)/t19-/m1/s1. The molecule has 7 heteroatoms. The lowest BCUT2D eigenvalue weighted by molar-refractivity contribution is -0.383. The predicted octanol–water partition coefficient (Wildman–Crippen LogP) is 4.16. The highest BCUT2D eigenvalue weighted by atomic mass is 16.6. The number of nitrogens with one attached hydrogen (secondary N) is 1. The molecule has 0 saturated heterocycles. The van der Waals surface area contributed by atoms with Crippen molar-refractivity contribution in [2.45, 2.75) is 32.7 Å². The number of hydrogen-bond acceptors (Lipinski definition) is 5. The Bertz CT molecular complexity index is 1030. The van der Waals surface area contributed by atoms with Crippen LogP contribution in [0.2, 0.25) is 0 Å². The van der Waals surface area contributed by atoms with Crippen LogP contribution >= 0.6 is 0 Å². The fourth-order valence-electron chi connectivity index (χ4n) is 3.16. The van der Waals surface area contributed by atoms with Gasteiger partial charge in [-0.2, -0.15) is 0 Å². The molecule has 0 fully saturated rings. The maximum absolute atomic E-state index is 12.3. The minimum absolute atomic E-state index is 0.133. The number of amides is 1. The highest BCUT2D eigenvalue weighted by molar-refractivity contribution is 5.94. The van der Waals surface area contributed by atoms with Crippen LogP contribution in [0.25, 0.3) is 10.9 Å². The van der Waals surface area contributed by atoms with Crippen LogP contribution in [-0.2, 0) is 4.79 Å². The zero-order chi connectivity index (χ0) is 20.3. The number of rotatable bonds is 6. The van der Waals surface area contributed by atoms with E-state index in [1.54, 1.807) is 12.1 Å². The van der Waals surface area contributed by atoms with Crippen molar-refractivity contribution in [2.24, 2.45) is 0 Å². The predicted molar refractivity (Wildman–Crippen MR) is 106 cm³/mol. The average molecular weight is 379 g/mol. The van der Waals surface area contributed by atoms with Crippen molar-refractivity contribution in [3.63, 3.8) is 0 Å². The van der Waals surface area contributed by atoms with Crippen LogP contribution in [0.4, 0.5) is 5.69 Å². The van der Waals surface area contributed by atoms with Gasteiger partial charge in [0.2, 0.25) is 5.91 Å². The molecule has 0 aliphatic carbocycles. The van der Waals surface area contributed by atoms with Crippen molar-refractivity contribution in [1.82, 2.24) is 10.3 Å². The van der Waals surface area contributed by atoms with E-state index in [2.05, 4.69) is 10.3 Å². The number of nitro groups is 1. The molecule has 0 unspecified atom stereocenters. The lowest BCUT2D eigenvalue weighted by Crippen LogP contribution is -2.29. The quantitative estimate of drug-likeness (QED) is 0.494. The summed E-state index contributed by atoms with van der Waals surface area (Å²) in [5.41, 5.74) is 1.96. The minimum atomic E-state index is -0.732. The van der Waals surface area contributed by atoms with Crippen LogP contribution < -0.4 is 5.32 Å². The normalized spacial score (nSPS) is 11.9. The molecule has 1 aromatic heterocycles. The number of pyridine rings is 1. The number of nitro benzene ring substituents is 1. The number of nitrogens with zero attached hydrogens (tertiary/aromatic N) is 2. The van der Waals surface area contributed by atoms with E-state index in [9.17, 15) is 20.0 Å². The molecule has 0 saturated carbocycles. The number of fused-ring (bicyclic) bond motifs is 1. The van der Waals surface area contributed by atoms with E-state index in [1.165, 1.54) is 12.3 Å². The van der Waals surface area contributed by atoms with Crippen molar-refractivity contribution >= 4 is 22.5 Å². The van der Waals surface area contributed by atoms with Gasteiger partial charge in [0.15, 0.2) is 0 Å². The van der Waals surface area contributed by atoms with Gasteiger partial charge in [-0.25, -0.2) is 0 Å². The number of aryl methyl sites for hydroxylation is 1. The Morgan fingerprint density at radius 3 is 2.64 bits per heavy atom. The third-order valence-corrected chi connectivity index (χ3v) is 4.57. The van der Waals surface area contributed by atoms with E-state index in [-0.39, 0.29) is 33.8 Å². The molecule has 0 aliphatic rings. The van der Waals surface area contributed by atoms with Crippen molar-refractivity contribution in [1.29, 1.82) is 0 Å². The Kier molecular flexibility index (Phi) is 5.54. The van der Waals surface area contributed by atoms with Gasteiger partial charge in [-0.15, -0.1) is 0 Å². The van der Waals surface area contributed by atoms with Gasteiger partial charge in [-0.1, -0.05) is 36.8 Å². The Hall–Kier alpha value is -3.48. The first-order chi connectivity index (χ1) is 13.4. The number of benzene rings is 2. The molecule has 2 aromatic carbocycles. The number of aromatic hydroxyl groups is 1. The van der Waals surface area contributed by atoms with E-state index >= 15 is 0 Å². The molecule has 2 N–H and O–H groups in total. The Morgan fingerprint density at radius 1 is 1.29 bits per heavy atom. The van der Waals surface area contributed by atoms with Crippen LogP contribution in [0, 0.1) is 17.0 Å². The molecule has 0 radical (unpaired) electrons. The van der Waals surface area contributed by atoms with Crippen molar-refractivity contribution in [3.05, 3.63) is 75.5 Å². The first-order valence-electron chi connectivity index (χ1n) is 9.03. The van der Waals surface area contributed by atoms with Crippen LogP contribution in [0.15, 0.2) is 48.7 Å². The van der Waals surface area contributed by atoms with Crippen LogP contribution in [0.3, 0.4) is 0 Å². The maximum Gasteiger partial charge on any atom is 0.279 e. The summed E-state index contributed by atoms with van der Waals surface area (Å²) in [6, 6.07) is 11.1. The lowest BCUT2D eigenvalue weighted by atomic mass is 9.94. The Morgan fingerprint density at radius 2 is 2.00 bits per heavy atom. The molecule has 0 spiro atoms. The van der Waals surface area contributed by atoms with Gasteiger partial charge in [0.25, 0.3) is 5.69 Å². The SMILES string of the molecule is CCCC(=O)N[C@H](c1ccc(C)cc1)c1cc([N+](=O)[O-])c2cccnc2c1O. The number of non-ortho nitro benzene ring substituents is 1. The van der Waals surface area contributed by atoms with Crippen LogP contribution in [0.5, 0.6) is 5.75 Å². The summed E-state index contributed by atoms with van der Waals surface area (Å²) in [6.45, 7) is 3.83. The summed E-state index contributed by atoms with van der Waals surface area (Å²) >= 11 is 0. The molecule has 1 heterocycles. The zero-order valence-electron chi connectivity index (χ0n) is 15.7. The number of carbonyl (C=O) groups is 1. The van der Waals surface area contributed by atoms with E-state index in [0.29, 0.717) is 12.8 Å². The number of aromatic nitrogens is 1. The highest BCUT2D eigenvalue weighted by Gasteiger charge is 2.26. The van der Waals surface area contributed by atoms with Crippen LogP contribution in [-0.4, -0.2) is 20.9 Å². The van der Waals surface area contributed by atoms with Gasteiger partial charge in [0.1, 0.15) is 11.3 Å². The second kappa shape index (κ2) is 8.04. The fourth-order valence-corrected chi connectivity index (χ4v) is 3.16. The molecule has 3 rings (SSSR count). The molecule has 0 bridgehead atoms. The van der Waals surface area contributed by atoms with E-state index < -0.39 is 11.0 Å². The maximum atomic E-state index is 12.3. The third-order valence-electron chi connectivity index (χ3n) is 4.57. The van der Waals surface area contributed by atoms with Gasteiger partial charge < -0.3 is 10.4 Å². The third kappa shape index (κ3) is 3.78. The second-order valence-corrected chi connectivity index (χ2v) is 6.65. The number of phenols is 1. The average Bonchev–Trinajstić information content (AvgIpc) is 2.68. The largest absolute Gasteiger partial charge is 0.505 e. The van der Waals surface area contributed by atoms with Crippen molar-refractivity contribution in [2.75, 3.05) is 0 Å². The van der Waals surface area contributed by atoms with E-state index in [4.69, 9.17) is 0 Å². The van der Waals surface area contributed by atoms with Crippen molar-refractivity contribution in [3.8, 4) is 5.75 Å². The highest BCUT2D eigenvalue weighted by Crippen LogP contribution is 2.39. The first-order valence-corrected chi connectivity index (χ1v) is 9.03. The number of carbonyl (C=O) groups excluding carboxylic acids is 1. The Balaban J connectivity index is 2.22. The monoisotopic (exact) mass is 379 g/mol. The number of hydrogen-bond donors (Lipinski definition) is 2. The van der Waals surface area contributed by atoms with Gasteiger partial charge in [-0.3, -0.25) is 19.9 Å². The summed E-state index contributed by atoms with van der Waals surface area (Å²) in [6.07, 6.45) is 2.45. The van der Waals surface area contributed by atoms with Gasteiger partial charge >= 0.3 is 0 Å². The van der Waals surface area contributed by atoms with Gasteiger partial charge in [0.05, 0.1) is 16.4 Å². The fraction of sp³-hybridized carbons (Fsp3) is 0.238. The van der Waals surface area contributed by atoms with Gasteiger partial charge in [-0.05, 0) is 31.0 Å². The van der Waals surface area contributed by atoms with E-state index in [0.717, 1.165) is 11.1 Å². The molecule has 7 nitrogen and oxygen atoms in total. The van der Waals surface area contributed by atoms with Gasteiger partial charge in [0, 0.05) is 24.2 Å². The van der Waals surface area contributed by atoms with Crippen LogP contribution in [0.1, 0.15) is 42.5 Å². The first kappa shape index (κ1) is 19.3. The number of phenolic OH excluding ortho intramolecular Hbond substituents is 1. The Labute approximate surface area is 162 Å². The molecule has 0 aliphatic heterocycles. The molecular formula is C21H21N3O4. The molecule has 1 amide bonds. The second-order valence-electron chi connectivity index (χ2n) is 6.65. The summed E-state index contributed by atoms with van der Waals surface area (Å²) in [5, 5.41) is 25.6.